The van der Waals surface area contributed by atoms with E-state index in [0.29, 0.717) is 26.3 Å². The molecule has 1 saturated heterocycles. The molecule has 1 aromatic heterocycles. The van der Waals surface area contributed by atoms with Crippen molar-refractivity contribution in [3.8, 4) is 5.75 Å². The molecule has 1 atom stereocenters. The van der Waals surface area contributed by atoms with Crippen LogP contribution in [-0.4, -0.2) is 41.3 Å². The van der Waals surface area contributed by atoms with Crippen molar-refractivity contribution in [2.75, 3.05) is 19.8 Å². The van der Waals surface area contributed by atoms with Crippen molar-refractivity contribution < 1.29 is 14.3 Å². The fourth-order valence-electron chi connectivity index (χ4n) is 3.88. The predicted octanol–water partition coefficient (Wildman–Crippen LogP) is 4.30. The van der Waals surface area contributed by atoms with Gasteiger partial charge in [-0.1, -0.05) is 23.7 Å². The van der Waals surface area contributed by atoms with Gasteiger partial charge in [-0.15, -0.1) is 0 Å². The van der Waals surface area contributed by atoms with E-state index in [0.717, 1.165) is 58.9 Å². The Bertz CT molecular complexity index is 1040. The third-order valence-electron chi connectivity index (χ3n) is 5.55. The van der Waals surface area contributed by atoms with Crippen LogP contribution in [0.3, 0.4) is 0 Å². The zero-order valence-electron chi connectivity index (χ0n) is 17.8. The molecule has 1 aliphatic rings. The number of imidazole rings is 1. The van der Waals surface area contributed by atoms with Crippen molar-refractivity contribution in [3.05, 3.63) is 58.9 Å². The highest BCUT2D eigenvalue weighted by atomic mass is 35.5. The number of rotatable bonds is 9. The Balaban J connectivity index is 1.36. The number of hydrogen-bond acceptors (Lipinski definition) is 4. The number of aryl methyl sites for hydroxylation is 2. The Morgan fingerprint density at radius 3 is 3.00 bits per heavy atom. The highest BCUT2D eigenvalue weighted by molar-refractivity contribution is 6.31. The highest BCUT2D eigenvalue weighted by Crippen LogP contribution is 2.22. The lowest BCUT2D eigenvalue weighted by Gasteiger charge is -2.12. The first kappa shape index (κ1) is 21.7. The minimum absolute atomic E-state index is 0.00217. The van der Waals surface area contributed by atoms with Crippen LogP contribution in [0.5, 0.6) is 5.75 Å². The second-order valence-electron chi connectivity index (χ2n) is 7.82. The van der Waals surface area contributed by atoms with Crippen molar-refractivity contribution in [3.63, 3.8) is 0 Å². The Kier molecular flexibility index (Phi) is 7.10. The smallest absolute Gasteiger partial charge is 0.249 e. The van der Waals surface area contributed by atoms with Gasteiger partial charge >= 0.3 is 0 Å². The third kappa shape index (κ3) is 5.38. The van der Waals surface area contributed by atoms with E-state index >= 15 is 0 Å². The number of para-hydroxylation sites is 2. The summed E-state index contributed by atoms with van der Waals surface area (Å²) in [7, 11) is 0. The zero-order valence-corrected chi connectivity index (χ0v) is 18.5. The largest absolute Gasteiger partial charge is 0.492 e. The van der Waals surface area contributed by atoms with Crippen LogP contribution in [0.15, 0.2) is 42.5 Å². The molecule has 3 aromatic rings. The molecule has 0 spiro atoms. The molecule has 1 N–H and O–H groups in total. The number of nitrogens with zero attached hydrogens (tertiary/aromatic N) is 2. The minimum Gasteiger partial charge on any atom is -0.492 e. The molecule has 4 rings (SSSR count). The summed E-state index contributed by atoms with van der Waals surface area (Å²) in [5, 5.41) is 3.72. The summed E-state index contributed by atoms with van der Waals surface area (Å²) in [5.74, 6) is 1.81. The summed E-state index contributed by atoms with van der Waals surface area (Å²) in [6.07, 6.45) is 3.09. The molecular formula is C24H28ClN3O3. The number of hydrogen-bond donors (Lipinski definition) is 1. The third-order valence-corrected chi connectivity index (χ3v) is 5.97. The molecule has 1 amide bonds. The number of carbonyl (C=O) groups excluding carboxylic acids is 1. The molecule has 1 unspecified atom stereocenters. The number of nitrogens with one attached hydrogen (secondary N) is 1. The number of carbonyl (C=O) groups is 1. The summed E-state index contributed by atoms with van der Waals surface area (Å²) >= 11 is 6.10. The van der Waals surface area contributed by atoms with Crippen LogP contribution in [0.2, 0.25) is 5.02 Å². The van der Waals surface area contributed by atoms with Crippen molar-refractivity contribution >= 4 is 28.5 Å². The summed E-state index contributed by atoms with van der Waals surface area (Å²) in [6.45, 7) is 4.49. The van der Waals surface area contributed by atoms with E-state index in [4.69, 9.17) is 26.1 Å². The van der Waals surface area contributed by atoms with Gasteiger partial charge in [0.2, 0.25) is 5.91 Å². The first-order valence-corrected chi connectivity index (χ1v) is 11.2. The first-order valence-electron chi connectivity index (χ1n) is 10.8. The lowest BCUT2D eigenvalue weighted by molar-refractivity contribution is -0.130. The number of halogens is 1. The number of amides is 1. The van der Waals surface area contributed by atoms with E-state index in [1.165, 1.54) is 0 Å². The van der Waals surface area contributed by atoms with Gasteiger partial charge < -0.3 is 19.4 Å². The summed E-state index contributed by atoms with van der Waals surface area (Å²) < 4.78 is 13.6. The number of aromatic nitrogens is 2. The summed E-state index contributed by atoms with van der Waals surface area (Å²) in [4.78, 5) is 16.9. The first-order chi connectivity index (χ1) is 15.1. The van der Waals surface area contributed by atoms with Gasteiger partial charge in [0.15, 0.2) is 0 Å². The van der Waals surface area contributed by atoms with E-state index in [1.807, 2.05) is 43.3 Å². The predicted molar refractivity (Wildman–Crippen MR) is 122 cm³/mol. The fraction of sp³-hybridized carbons (Fsp3) is 0.417. The second-order valence-corrected chi connectivity index (χ2v) is 8.23. The highest BCUT2D eigenvalue weighted by Gasteiger charge is 2.22. The standard InChI is InChI=1S/C24H28ClN3O3/c1-17-16-18(10-11-19(17)25)30-15-13-28-21-7-3-2-6-20(21)27-23(28)9-4-12-26-24(29)22-8-5-14-31-22/h2-3,6-7,10-11,16,22H,4-5,8-9,12-15H2,1H3,(H,26,29). The van der Waals surface area contributed by atoms with Gasteiger partial charge in [0, 0.05) is 24.6 Å². The van der Waals surface area contributed by atoms with Gasteiger partial charge in [-0.2, -0.15) is 0 Å². The maximum Gasteiger partial charge on any atom is 0.249 e. The maximum absolute atomic E-state index is 12.1. The average molecular weight is 442 g/mol. The molecule has 2 heterocycles. The summed E-state index contributed by atoms with van der Waals surface area (Å²) in [5.41, 5.74) is 3.07. The van der Waals surface area contributed by atoms with Gasteiger partial charge in [-0.3, -0.25) is 4.79 Å². The molecule has 164 valence electrons. The monoisotopic (exact) mass is 441 g/mol. The van der Waals surface area contributed by atoms with Crippen LogP contribution in [-0.2, 0) is 22.5 Å². The van der Waals surface area contributed by atoms with Crippen molar-refractivity contribution in [2.45, 2.75) is 45.3 Å². The van der Waals surface area contributed by atoms with Gasteiger partial charge in [-0.25, -0.2) is 4.98 Å². The molecule has 0 bridgehead atoms. The van der Waals surface area contributed by atoms with Gasteiger partial charge in [0.1, 0.15) is 24.3 Å². The molecule has 0 aliphatic carbocycles. The lowest BCUT2D eigenvalue weighted by Crippen LogP contribution is -2.34. The average Bonchev–Trinajstić information content (AvgIpc) is 3.42. The van der Waals surface area contributed by atoms with E-state index in [2.05, 4.69) is 16.0 Å². The maximum atomic E-state index is 12.1. The van der Waals surface area contributed by atoms with Crippen molar-refractivity contribution in [1.82, 2.24) is 14.9 Å². The van der Waals surface area contributed by atoms with E-state index in [1.54, 1.807) is 0 Å². The van der Waals surface area contributed by atoms with E-state index in [-0.39, 0.29) is 12.0 Å². The van der Waals surface area contributed by atoms with Crippen LogP contribution in [0, 0.1) is 6.92 Å². The normalized spacial score (nSPS) is 16.0. The number of benzene rings is 2. The Labute approximate surface area is 187 Å². The van der Waals surface area contributed by atoms with Gasteiger partial charge in [0.25, 0.3) is 0 Å². The van der Waals surface area contributed by atoms with E-state index in [9.17, 15) is 4.79 Å². The molecule has 7 heteroatoms. The van der Waals surface area contributed by atoms with Crippen molar-refractivity contribution in [2.24, 2.45) is 0 Å². The topological polar surface area (TPSA) is 65.4 Å². The molecule has 1 fully saturated rings. The minimum atomic E-state index is -0.279. The zero-order chi connectivity index (χ0) is 21.6. The van der Waals surface area contributed by atoms with Crippen LogP contribution in [0.25, 0.3) is 11.0 Å². The number of ether oxygens (including phenoxy) is 2. The fourth-order valence-corrected chi connectivity index (χ4v) is 4.00. The van der Waals surface area contributed by atoms with Gasteiger partial charge in [-0.05, 0) is 62.1 Å². The van der Waals surface area contributed by atoms with Gasteiger partial charge in [0.05, 0.1) is 17.6 Å². The molecule has 6 nitrogen and oxygen atoms in total. The molecule has 2 aromatic carbocycles. The molecule has 0 saturated carbocycles. The molecular weight excluding hydrogens is 414 g/mol. The molecule has 0 radical (unpaired) electrons. The number of fused-ring (bicyclic) bond motifs is 1. The van der Waals surface area contributed by atoms with Crippen LogP contribution >= 0.6 is 11.6 Å². The van der Waals surface area contributed by atoms with Crippen molar-refractivity contribution in [1.29, 1.82) is 0 Å². The Morgan fingerprint density at radius 1 is 1.32 bits per heavy atom. The van der Waals surface area contributed by atoms with Crippen LogP contribution < -0.4 is 10.1 Å². The Hall–Kier alpha value is -2.57. The SMILES string of the molecule is Cc1cc(OCCn2c(CCCNC(=O)C3CCCO3)nc3ccccc32)ccc1Cl. The quantitative estimate of drug-likeness (QED) is 0.502. The van der Waals surface area contributed by atoms with Crippen LogP contribution in [0.4, 0.5) is 0 Å². The summed E-state index contributed by atoms with van der Waals surface area (Å²) in [6, 6.07) is 13.8. The molecule has 1 aliphatic heterocycles. The molecule has 31 heavy (non-hydrogen) atoms. The second kappa shape index (κ2) is 10.2. The van der Waals surface area contributed by atoms with E-state index < -0.39 is 0 Å². The Morgan fingerprint density at radius 2 is 2.19 bits per heavy atom. The lowest BCUT2D eigenvalue weighted by atomic mass is 10.2. The van der Waals surface area contributed by atoms with Crippen LogP contribution in [0.1, 0.15) is 30.7 Å².